The first kappa shape index (κ1) is 14.0. The summed E-state index contributed by atoms with van der Waals surface area (Å²) in [5, 5.41) is 3.30. The number of rotatable bonds is 4. The Bertz CT molecular complexity index is 372. The average Bonchev–Trinajstić information content (AvgIpc) is 2.41. The van der Waals surface area contributed by atoms with Gasteiger partial charge in [-0.05, 0) is 17.7 Å². The molecule has 0 aliphatic carbocycles. The summed E-state index contributed by atoms with van der Waals surface area (Å²) < 4.78 is 11.9. The Morgan fingerprint density at radius 3 is 2.61 bits per heavy atom. The number of nitrogens with zero attached hydrogens (tertiary/aromatic N) is 1. The van der Waals surface area contributed by atoms with Crippen molar-refractivity contribution >= 4 is 15.9 Å². The van der Waals surface area contributed by atoms with Crippen molar-refractivity contribution in [2.45, 2.75) is 19.0 Å². The summed E-state index contributed by atoms with van der Waals surface area (Å²) in [4.78, 5) is 2.29. The molecule has 1 aliphatic heterocycles. The highest BCUT2D eigenvalue weighted by atomic mass is 79.9. The largest absolute Gasteiger partial charge is 0.365 e. The van der Waals surface area contributed by atoms with Gasteiger partial charge < -0.3 is 9.47 Å². The number of halogens is 1. The first-order valence-electron chi connectivity index (χ1n) is 6.00. The average molecular weight is 315 g/mol. The maximum Gasteiger partial charge on any atom is 0.123 e. The zero-order valence-corrected chi connectivity index (χ0v) is 12.3. The number of nitrogens with one attached hydrogen (secondary N) is 1. The zero-order chi connectivity index (χ0) is 13.0. The van der Waals surface area contributed by atoms with Crippen LogP contribution in [0.1, 0.15) is 5.56 Å². The Labute approximate surface area is 116 Å². The zero-order valence-electron chi connectivity index (χ0n) is 10.7. The lowest BCUT2D eigenvalue weighted by Gasteiger charge is -2.38. The minimum Gasteiger partial charge on any atom is -0.365 e. The molecule has 2 atom stereocenters. The molecule has 1 heterocycles. The molecule has 18 heavy (non-hydrogen) atoms. The molecule has 0 saturated carbocycles. The normalized spacial score (nSPS) is 25.3. The van der Waals surface area contributed by atoms with Gasteiger partial charge in [-0.3, -0.25) is 10.2 Å². The first-order chi connectivity index (χ1) is 8.72. The second kappa shape index (κ2) is 6.63. The summed E-state index contributed by atoms with van der Waals surface area (Å²) in [6.07, 6.45) is 0.173. The lowest BCUT2D eigenvalue weighted by molar-refractivity contribution is -0.101. The highest BCUT2D eigenvalue weighted by Gasteiger charge is 2.27. The molecule has 1 aromatic rings. The fraction of sp³-hybridized carbons (Fsp3) is 0.538. The van der Waals surface area contributed by atoms with Gasteiger partial charge in [0.1, 0.15) is 12.5 Å². The molecule has 2 unspecified atom stereocenters. The monoisotopic (exact) mass is 314 g/mol. The molecule has 0 amide bonds. The number of hydrogen-bond acceptors (Lipinski definition) is 4. The molecule has 0 spiro atoms. The number of hydrogen-bond donors (Lipinski definition) is 1. The van der Waals surface area contributed by atoms with Crippen molar-refractivity contribution < 1.29 is 9.47 Å². The standard InChI is InChI=1S/C13H19BrN2O2/c1-17-12-9-16(13(18-2)7-15-12)8-10-3-5-11(14)6-4-10/h3-6,12-13,15H,7-9H2,1-2H3. The second-order valence-electron chi connectivity index (χ2n) is 4.38. The van der Waals surface area contributed by atoms with Crippen molar-refractivity contribution in [2.24, 2.45) is 0 Å². The van der Waals surface area contributed by atoms with E-state index in [1.807, 2.05) is 0 Å². The molecule has 1 saturated heterocycles. The van der Waals surface area contributed by atoms with Gasteiger partial charge in [0.25, 0.3) is 0 Å². The van der Waals surface area contributed by atoms with Crippen molar-refractivity contribution in [2.75, 3.05) is 27.3 Å². The summed E-state index contributed by atoms with van der Waals surface area (Å²) in [6, 6.07) is 8.38. The van der Waals surface area contributed by atoms with E-state index in [2.05, 4.69) is 50.4 Å². The predicted octanol–water partition coefficient (Wildman–Crippen LogP) is 1.80. The lowest BCUT2D eigenvalue weighted by Crippen LogP contribution is -2.57. The van der Waals surface area contributed by atoms with E-state index in [0.29, 0.717) is 0 Å². The molecule has 2 rings (SSSR count). The minimum atomic E-state index is 0.0758. The Hall–Kier alpha value is -0.460. The third-order valence-corrected chi connectivity index (χ3v) is 3.71. The Morgan fingerprint density at radius 2 is 2.00 bits per heavy atom. The Kier molecular flexibility index (Phi) is 5.14. The van der Waals surface area contributed by atoms with Crippen molar-refractivity contribution in [1.82, 2.24) is 10.2 Å². The summed E-state index contributed by atoms with van der Waals surface area (Å²) in [5.41, 5.74) is 1.28. The van der Waals surface area contributed by atoms with Crippen LogP contribution >= 0.6 is 15.9 Å². The smallest absolute Gasteiger partial charge is 0.123 e. The van der Waals surface area contributed by atoms with E-state index in [9.17, 15) is 0 Å². The van der Waals surface area contributed by atoms with Gasteiger partial charge in [-0.2, -0.15) is 0 Å². The van der Waals surface area contributed by atoms with Gasteiger partial charge in [0, 0.05) is 38.3 Å². The van der Waals surface area contributed by atoms with Gasteiger partial charge in [0.05, 0.1) is 0 Å². The molecule has 5 heteroatoms. The van der Waals surface area contributed by atoms with E-state index < -0.39 is 0 Å². The maximum atomic E-state index is 5.49. The minimum absolute atomic E-state index is 0.0758. The summed E-state index contributed by atoms with van der Waals surface area (Å²) >= 11 is 3.45. The molecular weight excluding hydrogens is 296 g/mol. The van der Waals surface area contributed by atoms with Crippen LogP contribution in [0.15, 0.2) is 28.7 Å². The van der Waals surface area contributed by atoms with Gasteiger partial charge in [-0.1, -0.05) is 28.1 Å². The van der Waals surface area contributed by atoms with Crippen molar-refractivity contribution in [1.29, 1.82) is 0 Å². The van der Waals surface area contributed by atoms with Crippen LogP contribution in [0.25, 0.3) is 0 Å². The van der Waals surface area contributed by atoms with Crippen molar-refractivity contribution in [3.8, 4) is 0 Å². The van der Waals surface area contributed by atoms with Crippen LogP contribution in [0, 0.1) is 0 Å². The number of benzene rings is 1. The fourth-order valence-electron chi connectivity index (χ4n) is 2.14. The second-order valence-corrected chi connectivity index (χ2v) is 5.29. The quantitative estimate of drug-likeness (QED) is 0.919. The highest BCUT2D eigenvalue weighted by molar-refractivity contribution is 9.10. The number of methoxy groups -OCH3 is 2. The van der Waals surface area contributed by atoms with E-state index in [0.717, 1.165) is 24.1 Å². The van der Waals surface area contributed by atoms with Crippen molar-refractivity contribution in [3.05, 3.63) is 34.3 Å². The summed E-state index contributed by atoms with van der Waals surface area (Å²) in [5.74, 6) is 0. The Morgan fingerprint density at radius 1 is 1.28 bits per heavy atom. The van der Waals surface area contributed by atoms with Crippen LogP contribution in [0.5, 0.6) is 0 Å². The van der Waals surface area contributed by atoms with Crippen LogP contribution < -0.4 is 5.32 Å². The van der Waals surface area contributed by atoms with Crippen molar-refractivity contribution in [3.63, 3.8) is 0 Å². The van der Waals surface area contributed by atoms with E-state index in [1.165, 1.54) is 5.56 Å². The molecule has 0 radical (unpaired) electrons. The highest BCUT2D eigenvalue weighted by Crippen LogP contribution is 2.16. The topological polar surface area (TPSA) is 33.7 Å². The Balaban J connectivity index is 2.02. The maximum absolute atomic E-state index is 5.49. The van der Waals surface area contributed by atoms with E-state index in [4.69, 9.17) is 9.47 Å². The molecule has 100 valence electrons. The lowest BCUT2D eigenvalue weighted by atomic mass is 10.2. The van der Waals surface area contributed by atoms with Gasteiger partial charge in [0.15, 0.2) is 0 Å². The van der Waals surface area contributed by atoms with E-state index >= 15 is 0 Å². The molecular formula is C13H19BrN2O2. The number of piperazine rings is 1. The van der Waals surface area contributed by atoms with Crippen LogP contribution in [0.3, 0.4) is 0 Å². The molecule has 1 N–H and O–H groups in total. The third-order valence-electron chi connectivity index (χ3n) is 3.18. The number of ether oxygens (including phenoxy) is 2. The summed E-state index contributed by atoms with van der Waals surface area (Å²) in [7, 11) is 3.47. The van der Waals surface area contributed by atoms with Gasteiger partial charge in [-0.15, -0.1) is 0 Å². The van der Waals surface area contributed by atoms with Crippen LogP contribution in [0.2, 0.25) is 0 Å². The molecule has 0 bridgehead atoms. The predicted molar refractivity (Wildman–Crippen MR) is 74.1 cm³/mol. The summed E-state index contributed by atoms with van der Waals surface area (Å²) in [6.45, 7) is 2.48. The first-order valence-corrected chi connectivity index (χ1v) is 6.79. The van der Waals surface area contributed by atoms with Gasteiger partial charge in [0.2, 0.25) is 0 Å². The molecule has 1 aromatic carbocycles. The van der Waals surface area contributed by atoms with E-state index in [1.54, 1.807) is 14.2 Å². The van der Waals surface area contributed by atoms with Crippen LogP contribution in [-0.2, 0) is 16.0 Å². The molecule has 1 fully saturated rings. The van der Waals surface area contributed by atoms with Crippen LogP contribution in [0.4, 0.5) is 0 Å². The van der Waals surface area contributed by atoms with Gasteiger partial charge in [-0.25, -0.2) is 0 Å². The van der Waals surface area contributed by atoms with Gasteiger partial charge >= 0.3 is 0 Å². The fourth-order valence-corrected chi connectivity index (χ4v) is 2.40. The van der Waals surface area contributed by atoms with E-state index in [-0.39, 0.29) is 12.5 Å². The molecule has 1 aliphatic rings. The SMILES string of the molecule is COC1CN(Cc2ccc(Br)cc2)C(OC)CN1. The molecule has 0 aromatic heterocycles. The van der Waals surface area contributed by atoms with Crippen LogP contribution in [-0.4, -0.2) is 44.7 Å². The molecule has 4 nitrogen and oxygen atoms in total. The third kappa shape index (κ3) is 3.52.